The molecule has 5 nitrogen and oxygen atoms in total. The first-order chi connectivity index (χ1) is 9.15. The highest BCUT2D eigenvalue weighted by Crippen LogP contribution is 2.13. The first-order valence-corrected chi connectivity index (χ1v) is 7.03. The molecule has 0 amide bonds. The molecule has 1 unspecified atom stereocenters. The zero-order chi connectivity index (χ0) is 13.7. The summed E-state index contributed by atoms with van der Waals surface area (Å²) in [7, 11) is 0. The quantitative estimate of drug-likeness (QED) is 0.872. The van der Waals surface area contributed by atoms with Crippen molar-refractivity contribution < 1.29 is 4.74 Å². The maximum atomic E-state index is 5.53. The smallest absolute Gasteiger partial charge is 0.147 e. The second kappa shape index (κ2) is 6.82. The summed E-state index contributed by atoms with van der Waals surface area (Å²) < 4.78 is 5.53. The van der Waals surface area contributed by atoms with Crippen LogP contribution in [0.3, 0.4) is 0 Å². The van der Waals surface area contributed by atoms with Gasteiger partial charge in [0.15, 0.2) is 0 Å². The van der Waals surface area contributed by atoms with Crippen LogP contribution in [0.5, 0.6) is 0 Å². The van der Waals surface area contributed by atoms with Crippen LogP contribution in [0.15, 0.2) is 12.4 Å². The van der Waals surface area contributed by atoms with Gasteiger partial charge in [-0.25, -0.2) is 4.98 Å². The molecule has 1 saturated heterocycles. The summed E-state index contributed by atoms with van der Waals surface area (Å²) in [5.74, 6) is 1.60. The van der Waals surface area contributed by atoms with Crippen molar-refractivity contribution in [2.75, 3.05) is 31.1 Å². The van der Waals surface area contributed by atoms with Gasteiger partial charge in [0.25, 0.3) is 0 Å². The van der Waals surface area contributed by atoms with E-state index in [9.17, 15) is 0 Å². The second-order valence-electron chi connectivity index (χ2n) is 5.52. The molecule has 1 fully saturated rings. The lowest BCUT2D eigenvalue weighted by Gasteiger charge is -2.31. The molecule has 1 aromatic heterocycles. The summed E-state index contributed by atoms with van der Waals surface area (Å²) in [6.07, 6.45) is 4.00. The summed E-state index contributed by atoms with van der Waals surface area (Å²) in [5, 5.41) is 3.37. The van der Waals surface area contributed by atoms with Gasteiger partial charge >= 0.3 is 0 Å². The average Bonchev–Trinajstić information content (AvgIpc) is 2.39. The lowest BCUT2D eigenvalue weighted by molar-refractivity contribution is 0.0529. The fraction of sp³-hybridized carbons (Fsp3) is 0.714. The predicted molar refractivity (Wildman–Crippen MR) is 76.2 cm³/mol. The third-order valence-electron chi connectivity index (χ3n) is 3.12. The average molecular weight is 264 g/mol. The standard InChI is InChI=1S/C14H24N4O/c1-11(2)6-15-7-13-8-17-14(9-16-13)18-4-5-19-12(3)10-18/h8-9,11-12,15H,4-7,10H2,1-3H3. The summed E-state index contributed by atoms with van der Waals surface area (Å²) >= 11 is 0. The summed E-state index contributed by atoms with van der Waals surface area (Å²) in [4.78, 5) is 11.2. The van der Waals surface area contributed by atoms with Crippen LogP contribution in [0.4, 0.5) is 5.82 Å². The molecule has 19 heavy (non-hydrogen) atoms. The predicted octanol–water partition coefficient (Wildman–Crippen LogP) is 1.45. The van der Waals surface area contributed by atoms with Crippen LogP contribution in [0, 0.1) is 5.92 Å². The molecule has 0 aliphatic carbocycles. The molecule has 1 N–H and O–H groups in total. The minimum Gasteiger partial charge on any atom is -0.375 e. The van der Waals surface area contributed by atoms with Gasteiger partial charge in [-0.05, 0) is 19.4 Å². The fourth-order valence-electron chi connectivity index (χ4n) is 2.12. The van der Waals surface area contributed by atoms with Gasteiger partial charge in [-0.3, -0.25) is 4.98 Å². The first kappa shape index (κ1) is 14.2. The van der Waals surface area contributed by atoms with Gasteiger partial charge in [0.05, 0.1) is 30.8 Å². The second-order valence-corrected chi connectivity index (χ2v) is 5.52. The number of nitrogens with zero attached hydrogens (tertiary/aromatic N) is 3. The Labute approximate surface area is 115 Å². The van der Waals surface area contributed by atoms with Crippen LogP contribution in [0.25, 0.3) is 0 Å². The minimum atomic E-state index is 0.267. The molecule has 2 rings (SSSR count). The van der Waals surface area contributed by atoms with Crippen molar-refractivity contribution >= 4 is 5.82 Å². The van der Waals surface area contributed by atoms with Gasteiger partial charge in [0.2, 0.25) is 0 Å². The zero-order valence-electron chi connectivity index (χ0n) is 12.1. The number of rotatable bonds is 5. The number of morpholine rings is 1. The fourth-order valence-corrected chi connectivity index (χ4v) is 2.12. The van der Waals surface area contributed by atoms with Crippen LogP contribution >= 0.6 is 0 Å². The number of aromatic nitrogens is 2. The van der Waals surface area contributed by atoms with E-state index in [1.165, 1.54) is 0 Å². The molecule has 1 aliphatic rings. The van der Waals surface area contributed by atoms with E-state index in [4.69, 9.17) is 4.74 Å². The highest BCUT2D eigenvalue weighted by atomic mass is 16.5. The number of nitrogens with one attached hydrogen (secondary N) is 1. The van der Waals surface area contributed by atoms with Gasteiger partial charge in [0, 0.05) is 19.6 Å². The molecule has 0 saturated carbocycles. The molecule has 0 bridgehead atoms. The molecule has 0 radical (unpaired) electrons. The molecule has 5 heteroatoms. The van der Waals surface area contributed by atoms with Gasteiger partial charge < -0.3 is 15.0 Å². The van der Waals surface area contributed by atoms with Gasteiger partial charge in [-0.1, -0.05) is 13.8 Å². The number of ether oxygens (including phenoxy) is 1. The Balaban J connectivity index is 1.87. The summed E-state index contributed by atoms with van der Waals surface area (Å²) in [6, 6.07) is 0. The van der Waals surface area contributed by atoms with E-state index in [1.54, 1.807) is 0 Å². The lowest BCUT2D eigenvalue weighted by atomic mass is 10.2. The van der Waals surface area contributed by atoms with Gasteiger partial charge in [0.1, 0.15) is 5.82 Å². The Hall–Kier alpha value is -1.20. The number of anilines is 1. The molecular formula is C14H24N4O. The van der Waals surface area contributed by atoms with E-state index in [1.807, 2.05) is 12.4 Å². The number of hydrogen-bond donors (Lipinski definition) is 1. The summed E-state index contributed by atoms with van der Waals surface area (Å²) in [6.45, 7) is 10.8. The molecule has 1 atom stereocenters. The van der Waals surface area contributed by atoms with Crippen LogP contribution in [0.2, 0.25) is 0 Å². The molecule has 2 heterocycles. The highest BCUT2D eigenvalue weighted by Gasteiger charge is 2.17. The van der Waals surface area contributed by atoms with E-state index in [-0.39, 0.29) is 6.10 Å². The van der Waals surface area contributed by atoms with Gasteiger partial charge in [-0.2, -0.15) is 0 Å². The Morgan fingerprint density at radius 3 is 2.89 bits per heavy atom. The minimum absolute atomic E-state index is 0.267. The molecule has 1 aromatic rings. The largest absolute Gasteiger partial charge is 0.375 e. The van der Waals surface area contributed by atoms with E-state index in [2.05, 4.69) is 41.0 Å². The van der Waals surface area contributed by atoms with Crippen LogP contribution < -0.4 is 10.2 Å². The number of hydrogen-bond acceptors (Lipinski definition) is 5. The monoisotopic (exact) mass is 264 g/mol. The molecule has 0 spiro atoms. The van der Waals surface area contributed by atoms with Crippen molar-refractivity contribution in [2.45, 2.75) is 33.4 Å². The van der Waals surface area contributed by atoms with Crippen LogP contribution in [-0.2, 0) is 11.3 Å². The maximum Gasteiger partial charge on any atom is 0.147 e. The Bertz CT molecular complexity index is 380. The van der Waals surface area contributed by atoms with E-state index < -0.39 is 0 Å². The highest BCUT2D eigenvalue weighted by molar-refractivity contribution is 5.36. The van der Waals surface area contributed by atoms with Crippen molar-refractivity contribution in [1.82, 2.24) is 15.3 Å². The topological polar surface area (TPSA) is 50.3 Å². The molecular weight excluding hydrogens is 240 g/mol. The molecule has 106 valence electrons. The van der Waals surface area contributed by atoms with E-state index in [0.717, 1.165) is 44.3 Å². The normalized spacial score (nSPS) is 20.0. The zero-order valence-corrected chi connectivity index (χ0v) is 12.1. The van der Waals surface area contributed by atoms with Crippen molar-refractivity contribution in [3.05, 3.63) is 18.1 Å². The third kappa shape index (κ3) is 4.44. The maximum absolute atomic E-state index is 5.53. The SMILES string of the molecule is CC(C)CNCc1cnc(N2CCOC(C)C2)cn1. The molecule has 1 aliphatic heterocycles. The Morgan fingerprint density at radius 2 is 2.26 bits per heavy atom. The Morgan fingerprint density at radius 1 is 1.42 bits per heavy atom. The van der Waals surface area contributed by atoms with Crippen molar-refractivity contribution in [3.63, 3.8) is 0 Å². The van der Waals surface area contributed by atoms with Crippen LogP contribution in [-0.4, -0.2) is 42.3 Å². The van der Waals surface area contributed by atoms with Crippen molar-refractivity contribution in [3.8, 4) is 0 Å². The van der Waals surface area contributed by atoms with Crippen LogP contribution in [0.1, 0.15) is 26.5 Å². The summed E-state index contributed by atoms with van der Waals surface area (Å²) in [5.41, 5.74) is 0.991. The van der Waals surface area contributed by atoms with E-state index in [0.29, 0.717) is 5.92 Å². The van der Waals surface area contributed by atoms with E-state index >= 15 is 0 Å². The Kier molecular flexibility index (Phi) is 5.10. The third-order valence-corrected chi connectivity index (χ3v) is 3.12. The van der Waals surface area contributed by atoms with Gasteiger partial charge in [-0.15, -0.1) is 0 Å². The molecule has 0 aromatic carbocycles. The van der Waals surface area contributed by atoms with Crippen molar-refractivity contribution in [1.29, 1.82) is 0 Å². The van der Waals surface area contributed by atoms with Crippen molar-refractivity contribution in [2.24, 2.45) is 5.92 Å². The first-order valence-electron chi connectivity index (χ1n) is 7.03. The lowest BCUT2D eigenvalue weighted by Crippen LogP contribution is -2.41.